The van der Waals surface area contributed by atoms with Crippen molar-refractivity contribution in [2.24, 2.45) is 0 Å². The highest BCUT2D eigenvalue weighted by Crippen LogP contribution is 2.25. The van der Waals surface area contributed by atoms with Crippen LogP contribution < -0.4 is 14.9 Å². The third-order valence-corrected chi connectivity index (χ3v) is 7.20. The van der Waals surface area contributed by atoms with Crippen molar-refractivity contribution < 1.29 is 18.0 Å². The summed E-state index contributed by atoms with van der Waals surface area (Å²) in [6.07, 6.45) is 1.36. The molecule has 2 amide bonds. The molecule has 0 saturated carbocycles. The number of nitrogens with zero attached hydrogens (tertiary/aromatic N) is 1. The van der Waals surface area contributed by atoms with Crippen molar-refractivity contribution in [3.05, 3.63) is 89.5 Å². The molecular formula is C29H35N3O4S. The van der Waals surface area contributed by atoms with Gasteiger partial charge >= 0.3 is 0 Å². The van der Waals surface area contributed by atoms with Gasteiger partial charge in [0.25, 0.3) is 5.91 Å². The van der Waals surface area contributed by atoms with E-state index in [1.165, 1.54) is 0 Å². The van der Waals surface area contributed by atoms with E-state index in [4.69, 9.17) is 0 Å². The molecule has 37 heavy (non-hydrogen) atoms. The number of hydrogen-bond acceptors (Lipinski definition) is 4. The van der Waals surface area contributed by atoms with Crippen molar-refractivity contribution in [1.82, 2.24) is 0 Å². The van der Waals surface area contributed by atoms with Gasteiger partial charge in [0.1, 0.15) is 6.04 Å². The third kappa shape index (κ3) is 7.20. The molecule has 0 aliphatic carbocycles. The van der Waals surface area contributed by atoms with Crippen LogP contribution in [0.4, 0.5) is 17.1 Å². The van der Waals surface area contributed by atoms with E-state index >= 15 is 0 Å². The summed E-state index contributed by atoms with van der Waals surface area (Å²) in [5.41, 5.74) is 4.01. The Morgan fingerprint density at radius 2 is 1.46 bits per heavy atom. The van der Waals surface area contributed by atoms with Crippen molar-refractivity contribution in [2.45, 2.75) is 52.5 Å². The van der Waals surface area contributed by atoms with Gasteiger partial charge in [0.15, 0.2) is 0 Å². The van der Waals surface area contributed by atoms with Gasteiger partial charge in [-0.05, 0) is 66.8 Å². The second-order valence-electron chi connectivity index (χ2n) is 10.2. The van der Waals surface area contributed by atoms with E-state index in [0.29, 0.717) is 22.6 Å². The summed E-state index contributed by atoms with van der Waals surface area (Å²) in [7, 11) is -3.73. The van der Waals surface area contributed by atoms with E-state index in [-0.39, 0.29) is 17.7 Å². The normalized spacial score (nSPS) is 12.5. The average Bonchev–Trinajstić information content (AvgIpc) is 2.82. The van der Waals surface area contributed by atoms with Gasteiger partial charge in [-0.2, -0.15) is 0 Å². The summed E-state index contributed by atoms with van der Waals surface area (Å²) in [5, 5.41) is 5.66. The predicted octanol–water partition coefficient (Wildman–Crippen LogP) is 5.73. The second-order valence-corrected chi connectivity index (χ2v) is 12.0. The molecule has 1 atom stereocenters. The van der Waals surface area contributed by atoms with Crippen LogP contribution in [0.2, 0.25) is 0 Å². The molecule has 0 saturated heterocycles. The molecule has 0 radical (unpaired) electrons. The minimum absolute atomic E-state index is 0.00989. The molecular weight excluding hydrogens is 486 g/mol. The summed E-state index contributed by atoms with van der Waals surface area (Å²) in [4.78, 5) is 26.0. The summed E-state index contributed by atoms with van der Waals surface area (Å²) < 4.78 is 26.5. The smallest absolute Gasteiger partial charge is 0.255 e. The predicted molar refractivity (Wildman–Crippen MR) is 151 cm³/mol. The first kappa shape index (κ1) is 27.9. The van der Waals surface area contributed by atoms with E-state index in [9.17, 15) is 18.0 Å². The average molecular weight is 522 g/mol. The SMILES string of the molecule is CC[C@@H](C(=O)Nc1cccc(NC(=O)c2ccc(C(C)(C)C)cc2)c1)N(c1ccc(C)cc1)S(C)(=O)=O. The van der Waals surface area contributed by atoms with Gasteiger partial charge in [-0.15, -0.1) is 0 Å². The van der Waals surface area contributed by atoms with Crippen LogP contribution in [-0.4, -0.2) is 32.5 Å². The quantitative estimate of drug-likeness (QED) is 0.396. The van der Waals surface area contributed by atoms with Gasteiger partial charge in [0.2, 0.25) is 15.9 Å². The van der Waals surface area contributed by atoms with Crippen LogP contribution in [0.1, 0.15) is 55.6 Å². The van der Waals surface area contributed by atoms with E-state index in [2.05, 4.69) is 31.4 Å². The van der Waals surface area contributed by atoms with Crippen LogP contribution in [0, 0.1) is 6.92 Å². The number of rotatable bonds is 8. The molecule has 196 valence electrons. The Balaban J connectivity index is 1.77. The van der Waals surface area contributed by atoms with E-state index in [1.807, 2.05) is 19.1 Å². The lowest BCUT2D eigenvalue weighted by atomic mass is 9.87. The summed E-state index contributed by atoms with van der Waals surface area (Å²) >= 11 is 0. The van der Waals surface area contributed by atoms with E-state index in [1.54, 1.807) is 67.6 Å². The highest BCUT2D eigenvalue weighted by molar-refractivity contribution is 7.92. The topological polar surface area (TPSA) is 95.6 Å². The third-order valence-electron chi connectivity index (χ3n) is 6.02. The molecule has 0 aliphatic rings. The molecule has 3 aromatic rings. The number of sulfonamides is 1. The fraction of sp³-hybridized carbons (Fsp3) is 0.310. The first-order chi connectivity index (χ1) is 17.3. The van der Waals surface area contributed by atoms with Crippen molar-refractivity contribution in [3.8, 4) is 0 Å². The van der Waals surface area contributed by atoms with E-state index < -0.39 is 22.0 Å². The molecule has 0 aliphatic heterocycles. The maximum atomic E-state index is 13.2. The van der Waals surface area contributed by atoms with Gasteiger partial charge in [-0.3, -0.25) is 13.9 Å². The molecule has 3 rings (SSSR count). The molecule has 3 aromatic carbocycles. The Hall–Kier alpha value is -3.65. The zero-order valence-corrected chi connectivity index (χ0v) is 23.0. The van der Waals surface area contributed by atoms with Crippen LogP contribution >= 0.6 is 0 Å². The Morgan fingerprint density at radius 1 is 0.892 bits per heavy atom. The number of benzene rings is 3. The standard InChI is InChI=1S/C29H35N3O4S/c1-7-26(32(37(6,35)36)25-17-11-20(2)12-18-25)28(34)31-24-10-8-9-23(19-24)30-27(33)21-13-15-22(16-14-21)29(3,4)5/h8-19,26H,7H2,1-6H3,(H,30,33)(H,31,34)/t26-/m0/s1. The fourth-order valence-corrected chi connectivity index (χ4v) is 5.19. The first-order valence-corrected chi connectivity index (χ1v) is 14.0. The molecule has 0 unspecified atom stereocenters. The molecule has 0 fully saturated rings. The molecule has 0 bridgehead atoms. The number of aryl methyl sites for hydroxylation is 1. The minimum atomic E-state index is -3.73. The number of anilines is 3. The molecule has 2 N–H and O–H groups in total. The first-order valence-electron chi connectivity index (χ1n) is 12.2. The fourth-order valence-electron chi connectivity index (χ4n) is 3.98. The number of hydrogen-bond donors (Lipinski definition) is 2. The molecule has 8 heteroatoms. The van der Waals surface area contributed by atoms with Crippen LogP contribution in [0.3, 0.4) is 0 Å². The largest absolute Gasteiger partial charge is 0.324 e. The maximum Gasteiger partial charge on any atom is 0.255 e. The lowest BCUT2D eigenvalue weighted by Crippen LogP contribution is -2.47. The summed E-state index contributed by atoms with van der Waals surface area (Å²) in [6.45, 7) is 10.0. The lowest BCUT2D eigenvalue weighted by molar-refractivity contribution is -0.117. The molecule has 0 heterocycles. The number of nitrogens with one attached hydrogen (secondary N) is 2. The number of carbonyl (C=O) groups is 2. The zero-order valence-electron chi connectivity index (χ0n) is 22.2. The van der Waals surface area contributed by atoms with Crippen LogP contribution in [0.5, 0.6) is 0 Å². The van der Waals surface area contributed by atoms with Gasteiger partial charge in [0, 0.05) is 16.9 Å². The van der Waals surface area contributed by atoms with Crippen molar-refractivity contribution in [1.29, 1.82) is 0 Å². The summed E-state index contributed by atoms with van der Waals surface area (Å²) in [5.74, 6) is -0.729. The van der Waals surface area contributed by atoms with Crippen molar-refractivity contribution >= 4 is 38.9 Å². The van der Waals surface area contributed by atoms with E-state index in [0.717, 1.165) is 21.7 Å². The van der Waals surface area contributed by atoms with Crippen molar-refractivity contribution in [3.63, 3.8) is 0 Å². The monoisotopic (exact) mass is 521 g/mol. The Morgan fingerprint density at radius 3 is 1.97 bits per heavy atom. The molecule has 0 aromatic heterocycles. The van der Waals surface area contributed by atoms with Gasteiger partial charge in [-0.25, -0.2) is 8.42 Å². The molecule has 0 spiro atoms. The van der Waals surface area contributed by atoms with Gasteiger partial charge in [-0.1, -0.05) is 63.6 Å². The Bertz CT molecular complexity index is 1360. The lowest BCUT2D eigenvalue weighted by Gasteiger charge is -2.30. The number of carbonyl (C=O) groups excluding carboxylic acids is 2. The minimum Gasteiger partial charge on any atom is -0.324 e. The highest BCUT2D eigenvalue weighted by atomic mass is 32.2. The van der Waals surface area contributed by atoms with Gasteiger partial charge < -0.3 is 10.6 Å². The van der Waals surface area contributed by atoms with Crippen LogP contribution in [0.15, 0.2) is 72.8 Å². The van der Waals surface area contributed by atoms with Crippen molar-refractivity contribution in [2.75, 3.05) is 21.2 Å². The zero-order chi connectivity index (χ0) is 27.4. The van der Waals surface area contributed by atoms with Crippen LogP contribution in [-0.2, 0) is 20.2 Å². The second kappa shape index (κ2) is 11.2. The van der Waals surface area contributed by atoms with Gasteiger partial charge in [0.05, 0.1) is 11.9 Å². The highest BCUT2D eigenvalue weighted by Gasteiger charge is 2.31. The maximum absolute atomic E-state index is 13.2. The Labute approximate surface area is 220 Å². The van der Waals surface area contributed by atoms with Crippen LogP contribution in [0.25, 0.3) is 0 Å². The molecule has 7 nitrogen and oxygen atoms in total. The summed E-state index contributed by atoms with van der Waals surface area (Å²) in [6, 6.07) is 20.3. The number of amides is 2. The Kier molecular flexibility index (Phi) is 8.43.